The van der Waals surface area contributed by atoms with E-state index in [0.29, 0.717) is 5.92 Å². The van der Waals surface area contributed by atoms with E-state index in [1.54, 1.807) is 6.20 Å². The first kappa shape index (κ1) is 15.8. The minimum absolute atomic E-state index is 0.222. The maximum Gasteiger partial charge on any atom is 0.0834 e. The molecule has 6 heteroatoms. The Morgan fingerprint density at radius 1 is 1.60 bits per heavy atom. The topological polar surface area (TPSA) is 42.3 Å². The number of halogens is 1. The van der Waals surface area contributed by atoms with Crippen LogP contribution in [0.2, 0.25) is 5.02 Å². The van der Waals surface area contributed by atoms with Crippen LogP contribution in [0.1, 0.15) is 25.1 Å². The van der Waals surface area contributed by atoms with Crippen molar-refractivity contribution >= 4 is 11.6 Å². The van der Waals surface area contributed by atoms with Crippen molar-refractivity contribution in [1.29, 1.82) is 0 Å². The Labute approximate surface area is 126 Å². The van der Waals surface area contributed by atoms with Crippen molar-refractivity contribution in [3.63, 3.8) is 0 Å². The fourth-order valence-electron chi connectivity index (χ4n) is 2.68. The highest BCUT2D eigenvalue weighted by Crippen LogP contribution is 2.32. The summed E-state index contributed by atoms with van der Waals surface area (Å²) < 4.78 is 7.58. The first-order chi connectivity index (χ1) is 9.63. The van der Waals surface area contributed by atoms with Crippen molar-refractivity contribution in [2.75, 3.05) is 40.4 Å². The number of ether oxygens (including phenoxy) is 1. The van der Waals surface area contributed by atoms with E-state index in [1.165, 1.54) is 0 Å². The molecule has 2 atom stereocenters. The third-order valence-electron chi connectivity index (χ3n) is 3.75. The average molecular weight is 301 g/mol. The van der Waals surface area contributed by atoms with Gasteiger partial charge in [-0.3, -0.25) is 4.68 Å². The zero-order chi connectivity index (χ0) is 14.5. The largest absolute Gasteiger partial charge is 0.381 e. The van der Waals surface area contributed by atoms with Crippen molar-refractivity contribution in [3.8, 4) is 0 Å². The van der Waals surface area contributed by atoms with Gasteiger partial charge < -0.3 is 15.0 Å². The minimum atomic E-state index is 0.222. The van der Waals surface area contributed by atoms with Crippen LogP contribution in [0.3, 0.4) is 0 Å². The van der Waals surface area contributed by atoms with Crippen LogP contribution < -0.4 is 5.32 Å². The number of likely N-dealkylation sites (N-methyl/N-ethyl adjacent to an activating group) is 1. The summed E-state index contributed by atoms with van der Waals surface area (Å²) in [4.78, 5) is 2.15. The molecule has 0 aliphatic carbocycles. The van der Waals surface area contributed by atoms with Crippen LogP contribution in [0.25, 0.3) is 0 Å². The van der Waals surface area contributed by atoms with Crippen LogP contribution in [-0.4, -0.2) is 55.1 Å². The molecule has 5 nitrogen and oxygen atoms in total. The van der Waals surface area contributed by atoms with Gasteiger partial charge in [0.25, 0.3) is 0 Å². The predicted molar refractivity (Wildman–Crippen MR) is 81.1 cm³/mol. The van der Waals surface area contributed by atoms with Gasteiger partial charge in [0.15, 0.2) is 0 Å². The second-order valence-electron chi connectivity index (χ2n) is 5.56. The lowest BCUT2D eigenvalue weighted by molar-refractivity contribution is 0.175. The van der Waals surface area contributed by atoms with Crippen molar-refractivity contribution < 1.29 is 4.74 Å². The fourth-order valence-corrected chi connectivity index (χ4v) is 2.93. The highest BCUT2D eigenvalue weighted by Gasteiger charge is 2.30. The normalized spacial score (nSPS) is 20.8. The van der Waals surface area contributed by atoms with Gasteiger partial charge in [-0.25, -0.2) is 0 Å². The molecule has 20 heavy (non-hydrogen) atoms. The molecule has 0 spiro atoms. The molecule has 1 aliphatic rings. The van der Waals surface area contributed by atoms with E-state index >= 15 is 0 Å². The van der Waals surface area contributed by atoms with Crippen LogP contribution in [0.5, 0.6) is 0 Å². The Kier molecular flexibility index (Phi) is 5.84. The molecule has 2 heterocycles. The summed E-state index contributed by atoms with van der Waals surface area (Å²) in [5, 5.41) is 8.75. The van der Waals surface area contributed by atoms with Gasteiger partial charge in [-0.1, -0.05) is 18.5 Å². The van der Waals surface area contributed by atoms with Crippen molar-refractivity contribution in [2.45, 2.75) is 25.9 Å². The molecule has 1 fully saturated rings. The third kappa shape index (κ3) is 3.73. The molecule has 0 amide bonds. The minimum Gasteiger partial charge on any atom is -0.381 e. The number of nitrogens with one attached hydrogen (secondary N) is 1. The van der Waals surface area contributed by atoms with Crippen LogP contribution in [-0.2, 0) is 11.3 Å². The molecular weight excluding hydrogens is 276 g/mol. The van der Waals surface area contributed by atoms with Crippen molar-refractivity contribution in [2.24, 2.45) is 5.92 Å². The van der Waals surface area contributed by atoms with Crippen LogP contribution in [0.15, 0.2) is 6.20 Å². The van der Waals surface area contributed by atoms with Gasteiger partial charge in [0, 0.05) is 19.1 Å². The summed E-state index contributed by atoms with van der Waals surface area (Å²) >= 11 is 6.39. The zero-order valence-electron chi connectivity index (χ0n) is 12.6. The Bertz CT molecular complexity index is 415. The number of hydrogen-bond acceptors (Lipinski definition) is 4. The van der Waals surface area contributed by atoms with Gasteiger partial charge in [0.05, 0.1) is 36.1 Å². The maximum absolute atomic E-state index is 6.39. The van der Waals surface area contributed by atoms with Gasteiger partial charge in [-0.2, -0.15) is 5.10 Å². The molecule has 114 valence electrons. The van der Waals surface area contributed by atoms with E-state index in [-0.39, 0.29) is 6.04 Å². The predicted octanol–water partition coefficient (Wildman–Crippen LogP) is 1.79. The molecule has 2 rings (SSSR count). The Morgan fingerprint density at radius 2 is 2.40 bits per heavy atom. The molecule has 2 unspecified atom stereocenters. The van der Waals surface area contributed by atoms with Crippen molar-refractivity contribution in [1.82, 2.24) is 20.0 Å². The first-order valence-corrected chi connectivity index (χ1v) is 7.68. The number of rotatable bonds is 7. The smallest absolute Gasteiger partial charge is 0.0834 e. The maximum atomic E-state index is 6.39. The molecule has 1 aromatic rings. The fraction of sp³-hybridized carbons (Fsp3) is 0.786. The van der Waals surface area contributed by atoms with Gasteiger partial charge in [-0.15, -0.1) is 0 Å². The first-order valence-electron chi connectivity index (χ1n) is 7.30. The summed E-state index contributed by atoms with van der Waals surface area (Å²) in [7, 11) is 4.13. The van der Waals surface area contributed by atoms with Gasteiger partial charge in [0.2, 0.25) is 0 Å². The van der Waals surface area contributed by atoms with Gasteiger partial charge in [-0.05, 0) is 27.1 Å². The summed E-state index contributed by atoms with van der Waals surface area (Å²) in [6.07, 6.45) is 2.83. The monoisotopic (exact) mass is 300 g/mol. The molecular formula is C14H25ClN4O. The van der Waals surface area contributed by atoms with E-state index in [2.05, 4.69) is 36.3 Å². The molecule has 0 bridgehead atoms. The van der Waals surface area contributed by atoms with E-state index in [4.69, 9.17) is 16.3 Å². The van der Waals surface area contributed by atoms with Crippen LogP contribution >= 0.6 is 11.6 Å². The summed E-state index contributed by atoms with van der Waals surface area (Å²) in [6.45, 7) is 6.48. The molecule has 1 aromatic heterocycles. The van der Waals surface area contributed by atoms with Crippen LogP contribution in [0, 0.1) is 5.92 Å². The Morgan fingerprint density at radius 3 is 3.00 bits per heavy atom. The summed E-state index contributed by atoms with van der Waals surface area (Å²) in [5.74, 6) is 0.474. The van der Waals surface area contributed by atoms with E-state index in [0.717, 1.165) is 50.0 Å². The Balaban J connectivity index is 2.19. The molecule has 0 radical (unpaired) electrons. The molecule has 1 N–H and O–H groups in total. The lowest BCUT2D eigenvalue weighted by atomic mass is 9.96. The lowest BCUT2D eigenvalue weighted by Crippen LogP contribution is -2.32. The highest BCUT2D eigenvalue weighted by atomic mass is 35.5. The van der Waals surface area contributed by atoms with Gasteiger partial charge in [0.1, 0.15) is 0 Å². The molecule has 0 aromatic carbocycles. The SMILES string of the molecule is CCNC(c1c(Cl)cnn1CCN(C)C)C1CCOC1. The number of aromatic nitrogens is 2. The van der Waals surface area contributed by atoms with Crippen molar-refractivity contribution in [3.05, 3.63) is 16.9 Å². The zero-order valence-corrected chi connectivity index (χ0v) is 13.4. The lowest BCUT2D eigenvalue weighted by Gasteiger charge is -2.25. The summed E-state index contributed by atoms with van der Waals surface area (Å²) in [5.41, 5.74) is 1.10. The number of hydrogen-bond donors (Lipinski definition) is 1. The van der Waals surface area contributed by atoms with Gasteiger partial charge >= 0.3 is 0 Å². The average Bonchev–Trinajstić information content (AvgIpc) is 3.04. The highest BCUT2D eigenvalue weighted by molar-refractivity contribution is 6.31. The molecule has 1 saturated heterocycles. The summed E-state index contributed by atoms with van der Waals surface area (Å²) in [6, 6.07) is 0.222. The van der Waals surface area contributed by atoms with E-state index in [9.17, 15) is 0 Å². The van der Waals surface area contributed by atoms with E-state index in [1.807, 2.05) is 4.68 Å². The second kappa shape index (κ2) is 7.41. The third-order valence-corrected chi connectivity index (χ3v) is 4.04. The Hall–Kier alpha value is -0.620. The molecule has 1 aliphatic heterocycles. The standard InChI is InChI=1S/C14H25ClN4O/c1-4-16-13(11-5-8-20-10-11)14-12(15)9-17-19(14)7-6-18(2)3/h9,11,13,16H,4-8,10H2,1-3H3. The number of nitrogens with zero attached hydrogens (tertiary/aromatic N) is 3. The second-order valence-corrected chi connectivity index (χ2v) is 5.97. The van der Waals surface area contributed by atoms with Crippen LogP contribution in [0.4, 0.5) is 0 Å². The molecule has 0 saturated carbocycles. The van der Waals surface area contributed by atoms with E-state index < -0.39 is 0 Å². The quantitative estimate of drug-likeness (QED) is 0.833.